The minimum Gasteiger partial charge on any atom is -0.348 e. The van der Waals surface area contributed by atoms with Crippen molar-refractivity contribution in [3.8, 4) is 0 Å². The van der Waals surface area contributed by atoms with Gasteiger partial charge >= 0.3 is 0 Å². The van der Waals surface area contributed by atoms with Crippen LogP contribution < -0.4 is 10.9 Å². The molecule has 4 nitrogen and oxygen atoms in total. The van der Waals surface area contributed by atoms with E-state index in [4.69, 9.17) is 0 Å². The van der Waals surface area contributed by atoms with Crippen molar-refractivity contribution >= 4 is 5.91 Å². The normalized spacial score (nSPS) is 10.2. The summed E-state index contributed by atoms with van der Waals surface area (Å²) in [5, 5.41) is 2.67. The Balaban J connectivity index is 2.03. The second-order valence-electron chi connectivity index (χ2n) is 4.17. The maximum Gasteiger partial charge on any atom is 0.251 e. The first-order chi connectivity index (χ1) is 9.06. The molecule has 98 valence electrons. The van der Waals surface area contributed by atoms with E-state index >= 15 is 0 Å². The summed E-state index contributed by atoms with van der Waals surface area (Å²) in [5.41, 5.74) is 0.859. The van der Waals surface area contributed by atoms with Crippen LogP contribution in [0, 0.1) is 5.82 Å². The van der Waals surface area contributed by atoms with Gasteiger partial charge in [-0.15, -0.1) is 0 Å². The molecule has 5 heteroatoms. The molecule has 1 N–H and O–H groups in total. The predicted octanol–water partition coefficient (Wildman–Crippen LogP) is 1.45. The summed E-state index contributed by atoms with van der Waals surface area (Å²) in [6, 6.07) is 8.71. The zero-order valence-corrected chi connectivity index (χ0v) is 10.4. The lowest BCUT2D eigenvalue weighted by molar-refractivity contribution is 0.0950. The Morgan fingerprint density at radius 3 is 2.58 bits per heavy atom. The van der Waals surface area contributed by atoms with Gasteiger partial charge in [0.05, 0.1) is 0 Å². The summed E-state index contributed by atoms with van der Waals surface area (Å²) in [4.78, 5) is 23.2. The van der Waals surface area contributed by atoms with Crippen LogP contribution in [0.15, 0.2) is 47.4 Å². The van der Waals surface area contributed by atoms with Crippen molar-refractivity contribution in [2.75, 3.05) is 0 Å². The molecule has 0 aliphatic heterocycles. The van der Waals surface area contributed by atoms with Crippen LogP contribution >= 0.6 is 0 Å². The molecule has 2 aromatic rings. The van der Waals surface area contributed by atoms with E-state index in [1.165, 1.54) is 29.0 Å². The molecule has 0 fully saturated rings. The largest absolute Gasteiger partial charge is 0.348 e. The van der Waals surface area contributed by atoms with Crippen LogP contribution in [0.25, 0.3) is 0 Å². The SMILES string of the molecule is Cn1ccc(C(=O)NCc2ccc(F)cc2)cc1=O. The number of halogens is 1. The Morgan fingerprint density at radius 2 is 1.95 bits per heavy atom. The van der Waals surface area contributed by atoms with E-state index in [1.807, 2.05) is 0 Å². The maximum atomic E-state index is 12.7. The van der Waals surface area contributed by atoms with Crippen LogP contribution in [-0.4, -0.2) is 10.5 Å². The molecule has 0 spiro atoms. The van der Waals surface area contributed by atoms with Crippen molar-refractivity contribution in [1.29, 1.82) is 0 Å². The van der Waals surface area contributed by atoms with Crippen molar-refractivity contribution in [1.82, 2.24) is 9.88 Å². The quantitative estimate of drug-likeness (QED) is 0.908. The number of aromatic nitrogens is 1. The van der Waals surface area contributed by atoms with Gasteiger partial charge < -0.3 is 9.88 Å². The average molecular weight is 260 g/mol. The number of rotatable bonds is 3. The molecule has 1 aromatic carbocycles. The van der Waals surface area contributed by atoms with Gasteiger partial charge in [0.15, 0.2) is 0 Å². The Kier molecular flexibility index (Phi) is 3.75. The third-order valence-electron chi connectivity index (χ3n) is 2.73. The fourth-order valence-electron chi connectivity index (χ4n) is 1.58. The van der Waals surface area contributed by atoms with Gasteiger partial charge in [0.25, 0.3) is 11.5 Å². The van der Waals surface area contributed by atoms with Gasteiger partial charge in [-0.25, -0.2) is 4.39 Å². The molecule has 0 unspecified atom stereocenters. The molecule has 0 saturated heterocycles. The van der Waals surface area contributed by atoms with Crippen molar-refractivity contribution < 1.29 is 9.18 Å². The molecule has 0 atom stereocenters. The molecule has 1 heterocycles. The van der Waals surface area contributed by atoms with Gasteiger partial charge in [-0.2, -0.15) is 0 Å². The number of nitrogens with one attached hydrogen (secondary N) is 1. The molecule has 0 bridgehead atoms. The standard InChI is InChI=1S/C14H13FN2O2/c1-17-7-6-11(8-13(17)18)14(19)16-9-10-2-4-12(15)5-3-10/h2-8H,9H2,1H3,(H,16,19). The Morgan fingerprint density at radius 1 is 1.26 bits per heavy atom. The zero-order valence-electron chi connectivity index (χ0n) is 10.4. The first-order valence-electron chi connectivity index (χ1n) is 5.75. The first kappa shape index (κ1) is 13.0. The van der Waals surface area contributed by atoms with Crippen molar-refractivity contribution in [3.05, 3.63) is 69.9 Å². The van der Waals surface area contributed by atoms with E-state index in [1.54, 1.807) is 25.2 Å². The number of hydrogen-bond donors (Lipinski definition) is 1. The number of pyridine rings is 1. The number of aryl methyl sites for hydroxylation is 1. The lowest BCUT2D eigenvalue weighted by Gasteiger charge is -2.06. The summed E-state index contributed by atoms with van der Waals surface area (Å²) in [5.74, 6) is -0.649. The highest BCUT2D eigenvalue weighted by Gasteiger charge is 2.06. The third-order valence-corrected chi connectivity index (χ3v) is 2.73. The van der Waals surface area contributed by atoms with Crippen molar-refractivity contribution in [2.24, 2.45) is 7.05 Å². The van der Waals surface area contributed by atoms with E-state index in [0.717, 1.165) is 5.56 Å². The van der Waals surface area contributed by atoms with Gasteiger partial charge in [-0.3, -0.25) is 9.59 Å². The van der Waals surface area contributed by atoms with E-state index in [0.29, 0.717) is 5.56 Å². The molecule has 0 aliphatic carbocycles. The topological polar surface area (TPSA) is 51.1 Å². The summed E-state index contributed by atoms with van der Waals surface area (Å²) in [6.45, 7) is 0.286. The Bertz CT molecular complexity index is 647. The van der Waals surface area contributed by atoms with Crippen molar-refractivity contribution in [2.45, 2.75) is 6.54 Å². The average Bonchev–Trinajstić information content (AvgIpc) is 2.41. The van der Waals surface area contributed by atoms with Crippen LogP contribution in [0.5, 0.6) is 0 Å². The van der Waals surface area contributed by atoms with Crippen LogP contribution in [0.4, 0.5) is 4.39 Å². The fourth-order valence-corrected chi connectivity index (χ4v) is 1.58. The summed E-state index contributed by atoms with van der Waals surface area (Å²) in [6.07, 6.45) is 1.54. The van der Waals surface area contributed by atoms with Gasteiger partial charge in [0, 0.05) is 31.4 Å². The second kappa shape index (κ2) is 5.48. The van der Waals surface area contributed by atoms with Crippen LogP contribution in [0.2, 0.25) is 0 Å². The minimum atomic E-state index is -0.331. The van der Waals surface area contributed by atoms with Gasteiger partial charge in [-0.1, -0.05) is 12.1 Å². The number of amides is 1. The van der Waals surface area contributed by atoms with E-state index in [-0.39, 0.29) is 23.8 Å². The number of carbonyl (C=O) groups is 1. The highest BCUT2D eigenvalue weighted by atomic mass is 19.1. The minimum absolute atomic E-state index is 0.241. The fraction of sp³-hybridized carbons (Fsp3) is 0.143. The van der Waals surface area contributed by atoms with E-state index in [2.05, 4.69) is 5.32 Å². The monoisotopic (exact) mass is 260 g/mol. The van der Waals surface area contributed by atoms with Crippen molar-refractivity contribution in [3.63, 3.8) is 0 Å². The number of hydrogen-bond acceptors (Lipinski definition) is 2. The predicted molar refractivity (Wildman–Crippen MR) is 69.3 cm³/mol. The Hall–Kier alpha value is -2.43. The molecule has 0 radical (unpaired) electrons. The third kappa shape index (κ3) is 3.28. The van der Waals surface area contributed by atoms with Gasteiger partial charge in [-0.05, 0) is 23.8 Å². The summed E-state index contributed by atoms with van der Waals surface area (Å²) in [7, 11) is 1.61. The molecular weight excluding hydrogens is 247 g/mol. The van der Waals surface area contributed by atoms with Crippen LogP contribution in [0.3, 0.4) is 0 Å². The first-order valence-corrected chi connectivity index (χ1v) is 5.75. The molecule has 2 rings (SSSR count). The zero-order chi connectivity index (χ0) is 13.8. The van der Waals surface area contributed by atoms with Crippen LogP contribution in [0.1, 0.15) is 15.9 Å². The maximum absolute atomic E-state index is 12.7. The lowest BCUT2D eigenvalue weighted by Crippen LogP contribution is -2.25. The molecule has 19 heavy (non-hydrogen) atoms. The van der Waals surface area contributed by atoms with Crippen LogP contribution in [-0.2, 0) is 13.6 Å². The lowest BCUT2D eigenvalue weighted by atomic mass is 10.2. The number of nitrogens with zero attached hydrogens (tertiary/aromatic N) is 1. The molecule has 1 amide bonds. The smallest absolute Gasteiger partial charge is 0.251 e. The van der Waals surface area contributed by atoms with E-state index < -0.39 is 0 Å². The summed E-state index contributed by atoms with van der Waals surface area (Å²) >= 11 is 0. The number of benzene rings is 1. The second-order valence-corrected chi connectivity index (χ2v) is 4.17. The highest BCUT2D eigenvalue weighted by Crippen LogP contribution is 2.03. The Labute approximate surface area is 109 Å². The van der Waals surface area contributed by atoms with Gasteiger partial charge in [0.2, 0.25) is 0 Å². The molecule has 0 saturated carbocycles. The molecule has 0 aliphatic rings. The molecular formula is C14H13FN2O2. The molecule has 1 aromatic heterocycles. The van der Waals surface area contributed by atoms with E-state index in [9.17, 15) is 14.0 Å². The highest BCUT2D eigenvalue weighted by molar-refractivity contribution is 5.93. The van der Waals surface area contributed by atoms with Gasteiger partial charge in [0.1, 0.15) is 5.82 Å². The number of carbonyl (C=O) groups excluding carboxylic acids is 1. The summed E-state index contributed by atoms with van der Waals surface area (Å²) < 4.78 is 14.1.